The van der Waals surface area contributed by atoms with E-state index in [0.29, 0.717) is 33.8 Å². The van der Waals surface area contributed by atoms with E-state index in [1.54, 1.807) is 38.2 Å². The van der Waals surface area contributed by atoms with Gasteiger partial charge in [0, 0.05) is 29.4 Å². The lowest BCUT2D eigenvalue weighted by Crippen LogP contribution is -2.35. The zero-order valence-corrected chi connectivity index (χ0v) is 22.5. The largest absolute Gasteiger partial charge is 0.485 e. The molecule has 0 fully saturated rings. The van der Waals surface area contributed by atoms with Crippen molar-refractivity contribution in [3.8, 4) is 11.4 Å². The Kier molecular flexibility index (Phi) is 7.66. The first-order valence-corrected chi connectivity index (χ1v) is 12.6. The maximum atomic E-state index is 14.0. The summed E-state index contributed by atoms with van der Waals surface area (Å²) in [5, 5.41) is 2.34. The second-order valence-electron chi connectivity index (χ2n) is 8.67. The molecule has 38 heavy (non-hydrogen) atoms. The maximum Gasteiger partial charge on any atom is 0.229 e. The molecule has 0 saturated carbocycles. The Morgan fingerprint density at radius 2 is 1.95 bits per heavy atom. The summed E-state index contributed by atoms with van der Waals surface area (Å²) in [6, 6.07) is 2.30. The highest BCUT2D eigenvalue weighted by molar-refractivity contribution is 7.10. The molecule has 196 valence electrons. The molecule has 0 unspecified atom stereocenters. The maximum absolute atomic E-state index is 14.0. The first-order chi connectivity index (χ1) is 17.9. The van der Waals surface area contributed by atoms with Crippen molar-refractivity contribution in [1.82, 2.24) is 15.0 Å². The van der Waals surface area contributed by atoms with Crippen LogP contribution in [0.5, 0.6) is 0 Å². The summed E-state index contributed by atoms with van der Waals surface area (Å²) in [5.74, 6) is -0.359. The highest BCUT2D eigenvalue weighted by Gasteiger charge is 2.32. The zero-order chi connectivity index (χ0) is 27.8. The Morgan fingerprint density at radius 3 is 2.61 bits per heavy atom. The number of primary amides is 1. The van der Waals surface area contributed by atoms with Crippen LogP contribution in [0.2, 0.25) is 5.02 Å². The summed E-state index contributed by atoms with van der Waals surface area (Å²) < 4.78 is 32.7. The molecule has 0 aliphatic carbocycles. The molecule has 0 bridgehead atoms. The Hall–Kier alpha value is -3.63. The van der Waals surface area contributed by atoms with Gasteiger partial charge in [0.1, 0.15) is 33.9 Å². The monoisotopic (exact) mass is 577 g/mol. The van der Waals surface area contributed by atoms with Crippen LogP contribution in [0.4, 0.5) is 14.5 Å². The average Bonchev–Trinajstić information content (AvgIpc) is 3.36. The van der Waals surface area contributed by atoms with Gasteiger partial charge < -0.3 is 15.4 Å². The molecule has 0 atom stereocenters. The number of hydrogen-bond donors (Lipinski definition) is 1. The van der Waals surface area contributed by atoms with Crippen LogP contribution in [0.1, 0.15) is 31.5 Å². The number of ether oxygens (including phenoxy) is 1. The first kappa shape index (κ1) is 27.4. The van der Waals surface area contributed by atoms with Crippen LogP contribution in [0.15, 0.2) is 58.2 Å². The van der Waals surface area contributed by atoms with Crippen LogP contribution in [0.3, 0.4) is 0 Å². The van der Waals surface area contributed by atoms with E-state index in [1.807, 2.05) is 0 Å². The second kappa shape index (κ2) is 10.6. The second-order valence-corrected chi connectivity index (χ2v) is 10.3. The van der Waals surface area contributed by atoms with E-state index >= 15 is 0 Å². The third-order valence-corrected chi connectivity index (χ3v) is 7.50. The standard InChI is InChI=1S/C25H19Cl2F2N5O3S/c1-12-4-21(37-10-17-15(29)5-13(28)7-31-17)22(27)20(9-35)34(12)19-6-16(32-8-14(19)26)18-11-38-24(33-18)25(2,3)23(30)36/h4-8,11H,10H2,1-3H3,(H2,30,36). The number of carbonyl (C=O) groups is 1. The molecule has 0 spiro atoms. The molecule has 1 amide bonds. The Labute approximate surface area is 230 Å². The lowest BCUT2D eigenvalue weighted by Gasteiger charge is -2.30. The zero-order valence-electron chi connectivity index (χ0n) is 20.2. The molecule has 4 heterocycles. The molecule has 4 rings (SSSR count). The quantitative estimate of drug-likeness (QED) is 0.374. The van der Waals surface area contributed by atoms with Crippen molar-refractivity contribution in [3.05, 3.63) is 85.5 Å². The van der Waals surface area contributed by atoms with Gasteiger partial charge in [-0.15, -0.1) is 11.3 Å². The van der Waals surface area contributed by atoms with Gasteiger partial charge in [-0.05, 0) is 26.8 Å². The number of pyridine rings is 2. The fourth-order valence-corrected chi connectivity index (χ4v) is 4.80. The van der Waals surface area contributed by atoms with E-state index < -0.39 is 23.0 Å². The molecule has 0 radical (unpaired) electrons. The van der Waals surface area contributed by atoms with Gasteiger partial charge in [0.05, 0.1) is 33.7 Å². The summed E-state index contributed by atoms with van der Waals surface area (Å²) in [7, 11) is 0. The van der Waals surface area contributed by atoms with E-state index in [0.717, 1.165) is 6.20 Å². The number of thiazole rings is 1. The number of halogens is 4. The van der Waals surface area contributed by atoms with Gasteiger partial charge in [-0.1, -0.05) is 23.2 Å². The summed E-state index contributed by atoms with van der Waals surface area (Å²) in [4.78, 5) is 37.8. The van der Waals surface area contributed by atoms with Crippen LogP contribution in [0.25, 0.3) is 11.4 Å². The van der Waals surface area contributed by atoms with E-state index in [1.165, 1.54) is 28.5 Å². The van der Waals surface area contributed by atoms with Crippen LogP contribution < -0.4 is 10.6 Å². The number of aromatic nitrogens is 3. The molecule has 2 N–H and O–H groups in total. The van der Waals surface area contributed by atoms with E-state index in [9.17, 15) is 18.4 Å². The van der Waals surface area contributed by atoms with E-state index in [4.69, 9.17) is 33.7 Å². The van der Waals surface area contributed by atoms with Gasteiger partial charge in [-0.2, -0.15) is 0 Å². The third-order valence-electron chi connectivity index (χ3n) is 5.68. The predicted octanol–water partition coefficient (Wildman–Crippen LogP) is 5.40. The van der Waals surface area contributed by atoms with Crippen molar-refractivity contribution in [2.24, 2.45) is 5.73 Å². The minimum atomic E-state index is -0.973. The Balaban J connectivity index is 1.66. The third kappa shape index (κ3) is 5.19. The van der Waals surface area contributed by atoms with Gasteiger partial charge in [-0.3, -0.25) is 14.8 Å². The lowest BCUT2D eigenvalue weighted by molar-refractivity contribution is -0.122. The summed E-state index contributed by atoms with van der Waals surface area (Å²) >= 11 is 14.2. The number of hydrogen-bond acceptors (Lipinski definition) is 8. The van der Waals surface area contributed by atoms with Gasteiger partial charge in [0.15, 0.2) is 17.5 Å². The molecule has 3 aromatic heterocycles. The lowest BCUT2D eigenvalue weighted by atomic mass is 9.94. The van der Waals surface area contributed by atoms with Crippen LogP contribution >= 0.6 is 34.5 Å². The van der Waals surface area contributed by atoms with Crippen LogP contribution in [0, 0.1) is 11.6 Å². The molecular formula is C25H19Cl2F2N5O3S. The Bertz CT molecular complexity index is 1560. The van der Waals surface area contributed by atoms with Crippen LogP contribution in [-0.2, 0) is 26.3 Å². The summed E-state index contributed by atoms with van der Waals surface area (Å²) in [6.45, 7) is 4.67. The van der Waals surface area contributed by atoms with Crippen molar-refractivity contribution in [2.75, 3.05) is 4.90 Å². The van der Waals surface area contributed by atoms with Crippen LogP contribution in [-0.4, -0.2) is 26.8 Å². The highest BCUT2D eigenvalue weighted by Crippen LogP contribution is 2.40. The minimum Gasteiger partial charge on any atom is -0.485 e. The van der Waals surface area contributed by atoms with Gasteiger partial charge in [0.25, 0.3) is 0 Å². The number of carbonyl (C=O) groups excluding carboxylic acids is 2. The highest BCUT2D eigenvalue weighted by atomic mass is 35.5. The number of rotatable bonds is 7. The number of amides is 1. The van der Waals surface area contributed by atoms with Gasteiger partial charge in [0.2, 0.25) is 5.91 Å². The van der Waals surface area contributed by atoms with Crippen molar-refractivity contribution >= 4 is 52.1 Å². The molecule has 0 aromatic carbocycles. The Morgan fingerprint density at radius 1 is 1.21 bits per heavy atom. The van der Waals surface area contributed by atoms with Gasteiger partial charge in [-0.25, -0.2) is 18.6 Å². The molecule has 13 heteroatoms. The molecule has 1 aliphatic heterocycles. The fourth-order valence-electron chi connectivity index (χ4n) is 3.43. The van der Waals surface area contributed by atoms with Crippen molar-refractivity contribution in [3.63, 3.8) is 0 Å². The molecule has 0 saturated heterocycles. The first-order valence-electron chi connectivity index (χ1n) is 10.9. The van der Waals surface area contributed by atoms with E-state index in [2.05, 4.69) is 15.0 Å². The molecule has 1 aliphatic rings. The number of allylic oxidation sites excluding steroid dienone is 3. The predicted molar refractivity (Wildman–Crippen MR) is 140 cm³/mol. The molecular weight excluding hydrogens is 559 g/mol. The molecule has 3 aromatic rings. The average molecular weight is 578 g/mol. The number of nitrogens with two attached hydrogens (primary N) is 1. The SMILES string of the molecule is CC1=CC(OCc2ncc(F)cc2F)=C(Cl)C(=C=O)N1c1cc(-c2csc(C(C)(C)C(N)=O)n2)ncc1Cl. The van der Waals surface area contributed by atoms with E-state index in [-0.39, 0.29) is 33.8 Å². The number of nitrogens with zero attached hydrogens (tertiary/aromatic N) is 4. The smallest absolute Gasteiger partial charge is 0.229 e. The van der Waals surface area contributed by atoms with Crippen molar-refractivity contribution in [1.29, 1.82) is 0 Å². The number of anilines is 1. The minimum absolute atomic E-state index is 0.0625. The summed E-state index contributed by atoms with van der Waals surface area (Å²) in [5.41, 5.74) is 6.02. The topological polar surface area (TPSA) is 111 Å². The van der Waals surface area contributed by atoms with Crippen molar-refractivity contribution in [2.45, 2.75) is 32.8 Å². The van der Waals surface area contributed by atoms with Crippen molar-refractivity contribution < 1.29 is 23.1 Å². The van der Waals surface area contributed by atoms with Gasteiger partial charge >= 0.3 is 0 Å². The molecule has 8 nitrogen and oxygen atoms in total. The normalized spacial score (nSPS) is 13.9. The summed E-state index contributed by atoms with van der Waals surface area (Å²) in [6.07, 6.45) is 3.78. The fraction of sp³-hybridized carbons (Fsp3) is 0.200.